The molecule has 0 atom stereocenters. The fourth-order valence-electron chi connectivity index (χ4n) is 6.11. The number of imidazole rings is 1. The van der Waals surface area contributed by atoms with Crippen molar-refractivity contribution in [2.24, 2.45) is 0 Å². The monoisotopic (exact) mass is 571 g/mol. The van der Waals surface area contributed by atoms with Crippen molar-refractivity contribution in [1.29, 1.82) is 0 Å². The molecule has 1 aliphatic heterocycles. The lowest BCUT2D eigenvalue weighted by atomic mass is 9.90. The molecule has 6 heterocycles. The van der Waals surface area contributed by atoms with Crippen LogP contribution in [0.4, 0.5) is 5.69 Å². The highest BCUT2D eigenvalue weighted by Gasteiger charge is 2.35. The largest absolute Gasteiger partial charge is 0.268 e. The van der Waals surface area contributed by atoms with Crippen LogP contribution in [0.3, 0.4) is 0 Å². The molecule has 0 N–H and O–H groups in total. The Kier molecular flexibility index (Phi) is 4.84. The molecule has 0 unspecified atom stereocenters. The van der Waals surface area contributed by atoms with Gasteiger partial charge in [0.05, 0.1) is 17.1 Å². The van der Waals surface area contributed by atoms with E-state index in [-0.39, 0.29) is 16.9 Å². The highest BCUT2D eigenvalue weighted by atomic mass is 16.2. The van der Waals surface area contributed by atoms with Gasteiger partial charge < -0.3 is 0 Å². The Balaban J connectivity index is 1.36. The number of benzene rings is 3. The summed E-state index contributed by atoms with van der Waals surface area (Å²) in [5.41, 5.74) is 3.73. The topological polar surface area (TPSA) is 123 Å². The minimum Gasteiger partial charge on any atom is -0.268 e. The van der Waals surface area contributed by atoms with Crippen molar-refractivity contribution in [3.05, 3.63) is 125 Å². The molecule has 206 valence electrons. The minimum atomic E-state index is -0.452. The van der Waals surface area contributed by atoms with Crippen molar-refractivity contribution in [2.45, 2.75) is 0 Å². The van der Waals surface area contributed by atoms with Gasteiger partial charge in [-0.2, -0.15) is 0 Å². The molecule has 0 saturated heterocycles. The Labute approximate surface area is 247 Å². The van der Waals surface area contributed by atoms with Crippen molar-refractivity contribution in [3.63, 3.8) is 0 Å². The molecule has 0 spiro atoms. The average molecular weight is 572 g/mol. The fraction of sp³-hybridized carbons (Fsp3) is 0. The third-order valence-electron chi connectivity index (χ3n) is 8.03. The van der Waals surface area contributed by atoms with Gasteiger partial charge in [-0.05, 0) is 60.7 Å². The zero-order valence-electron chi connectivity index (χ0n) is 22.7. The average Bonchev–Trinajstić information content (AvgIpc) is 3.46. The van der Waals surface area contributed by atoms with E-state index in [1.807, 2.05) is 42.5 Å². The van der Waals surface area contributed by atoms with Gasteiger partial charge in [0.1, 0.15) is 11.4 Å². The summed E-state index contributed by atoms with van der Waals surface area (Å²) in [6.07, 6.45) is 3.33. The van der Waals surface area contributed by atoms with Gasteiger partial charge in [0, 0.05) is 45.1 Å². The molecule has 10 nitrogen and oxygen atoms in total. The second kappa shape index (κ2) is 8.79. The number of carbonyl (C=O) groups excluding carboxylic acids is 2. The van der Waals surface area contributed by atoms with Crippen LogP contribution >= 0.6 is 0 Å². The summed E-state index contributed by atoms with van der Waals surface area (Å²) in [4.78, 5) is 66.3. The predicted octanol–water partition coefficient (Wildman–Crippen LogP) is 5.31. The zero-order valence-corrected chi connectivity index (χ0v) is 22.7. The number of aromatic nitrogens is 6. The highest BCUT2D eigenvalue weighted by molar-refractivity contribution is 6.38. The molecule has 10 heteroatoms. The number of anilines is 1. The fourth-order valence-corrected chi connectivity index (χ4v) is 6.11. The first-order chi connectivity index (χ1) is 21.6. The molecule has 1 aliphatic rings. The number of nitrogens with zero attached hydrogens (tertiary/aromatic N) is 7. The number of rotatable bonds is 3. The zero-order chi connectivity index (χ0) is 29.5. The molecule has 5 aromatic heterocycles. The van der Waals surface area contributed by atoms with Crippen LogP contribution in [0.5, 0.6) is 0 Å². The van der Waals surface area contributed by atoms with Crippen LogP contribution in [-0.2, 0) is 0 Å². The summed E-state index contributed by atoms with van der Waals surface area (Å²) in [5.74, 6) is -0.903. The maximum absolute atomic E-state index is 14.2. The molecular formula is C34H17N7O3. The lowest BCUT2D eigenvalue weighted by Crippen LogP contribution is -2.40. The molecule has 0 saturated carbocycles. The standard InChI is InChI=1S/C34H17N7O3/c42-32-21-13-12-19-25-20(14-15-22(26(21)25)33(43)40(32)18-8-2-1-3-9-18)34(44)41-30(19)39-29-31(41)38-28(24-11-5-7-17-36-24)27(37-29)23-10-4-6-16-35-23/h1-17H. The lowest BCUT2D eigenvalue weighted by molar-refractivity contribution is 0.0893. The van der Waals surface area contributed by atoms with E-state index in [2.05, 4.69) is 9.97 Å². The van der Waals surface area contributed by atoms with E-state index in [9.17, 15) is 14.4 Å². The number of amides is 2. The van der Waals surface area contributed by atoms with Crippen molar-refractivity contribution < 1.29 is 9.59 Å². The maximum Gasteiger partial charge on any atom is 0.266 e. The molecule has 0 aliphatic carbocycles. The van der Waals surface area contributed by atoms with Gasteiger partial charge >= 0.3 is 0 Å². The van der Waals surface area contributed by atoms with Crippen LogP contribution < -0.4 is 10.5 Å². The Bertz CT molecular complexity index is 2530. The number of hydrogen-bond donors (Lipinski definition) is 0. The van der Waals surface area contributed by atoms with E-state index in [1.165, 1.54) is 9.30 Å². The molecule has 44 heavy (non-hydrogen) atoms. The van der Waals surface area contributed by atoms with Crippen molar-refractivity contribution in [1.82, 2.24) is 29.3 Å². The second-order valence-corrected chi connectivity index (χ2v) is 10.4. The van der Waals surface area contributed by atoms with Crippen molar-refractivity contribution in [2.75, 3.05) is 4.90 Å². The molecule has 3 aromatic carbocycles. The van der Waals surface area contributed by atoms with Gasteiger partial charge in [-0.25, -0.2) is 24.3 Å². The molecule has 9 rings (SSSR count). The summed E-state index contributed by atoms with van der Waals surface area (Å²) in [5, 5.41) is 1.90. The van der Waals surface area contributed by atoms with Crippen LogP contribution in [0.15, 0.2) is 108 Å². The van der Waals surface area contributed by atoms with Gasteiger partial charge in [-0.1, -0.05) is 30.3 Å². The number of carbonyl (C=O) groups is 2. The molecular weight excluding hydrogens is 554 g/mol. The van der Waals surface area contributed by atoms with E-state index in [0.29, 0.717) is 66.8 Å². The van der Waals surface area contributed by atoms with Crippen LogP contribution in [0.25, 0.3) is 61.3 Å². The molecule has 8 aromatic rings. The quantitative estimate of drug-likeness (QED) is 0.262. The second-order valence-electron chi connectivity index (χ2n) is 10.4. The van der Waals surface area contributed by atoms with Crippen LogP contribution in [0.1, 0.15) is 20.7 Å². The van der Waals surface area contributed by atoms with E-state index >= 15 is 0 Å². The van der Waals surface area contributed by atoms with Crippen LogP contribution in [-0.4, -0.2) is 41.1 Å². The Morgan fingerprint density at radius 3 is 1.77 bits per heavy atom. The van der Waals surface area contributed by atoms with Gasteiger partial charge in [0.25, 0.3) is 17.4 Å². The summed E-state index contributed by atoms with van der Waals surface area (Å²) >= 11 is 0. The Morgan fingerprint density at radius 2 is 1.14 bits per heavy atom. The first kappa shape index (κ1) is 24.2. The number of para-hydroxylation sites is 1. The summed E-state index contributed by atoms with van der Waals surface area (Å²) in [6.45, 7) is 0. The van der Waals surface area contributed by atoms with Crippen LogP contribution in [0.2, 0.25) is 0 Å². The molecule has 2 amide bonds. The van der Waals surface area contributed by atoms with Gasteiger partial charge in [-0.3, -0.25) is 24.4 Å². The smallest absolute Gasteiger partial charge is 0.266 e. The molecule has 0 radical (unpaired) electrons. The van der Waals surface area contributed by atoms with Crippen molar-refractivity contribution in [3.8, 4) is 22.8 Å². The van der Waals surface area contributed by atoms with E-state index < -0.39 is 11.8 Å². The number of imide groups is 1. The van der Waals surface area contributed by atoms with E-state index in [1.54, 1.807) is 60.9 Å². The third kappa shape index (κ3) is 3.18. The van der Waals surface area contributed by atoms with Crippen LogP contribution in [0, 0.1) is 0 Å². The van der Waals surface area contributed by atoms with E-state index in [0.717, 1.165) is 0 Å². The predicted molar refractivity (Wildman–Crippen MR) is 165 cm³/mol. The molecule has 0 bridgehead atoms. The number of fused-ring (bicyclic) bond motifs is 4. The number of pyridine rings is 3. The summed E-state index contributed by atoms with van der Waals surface area (Å²) < 4.78 is 1.44. The minimum absolute atomic E-state index is 0.258. The number of hydrogen-bond acceptors (Lipinski definition) is 8. The normalized spacial score (nSPS) is 13.1. The van der Waals surface area contributed by atoms with Crippen molar-refractivity contribution >= 4 is 56.0 Å². The van der Waals surface area contributed by atoms with Gasteiger partial charge in [0.15, 0.2) is 16.9 Å². The van der Waals surface area contributed by atoms with Gasteiger partial charge in [0.2, 0.25) is 0 Å². The molecule has 0 fully saturated rings. The lowest BCUT2D eigenvalue weighted by Gasteiger charge is -2.27. The third-order valence-corrected chi connectivity index (χ3v) is 8.03. The first-order valence-corrected chi connectivity index (χ1v) is 13.8. The SMILES string of the molecule is O=C1c2ccc3c(=O)n4c5nc(-c6ccccn6)c(-c6ccccn6)nc5nc4c4ccc(c2c34)C(=O)N1c1ccccc1. The Morgan fingerprint density at radius 1 is 0.523 bits per heavy atom. The maximum atomic E-state index is 14.2. The summed E-state index contributed by atoms with van der Waals surface area (Å²) in [6, 6.07) is 26.5. The Hall–Kier alpha value is -6.42. The summed E-state index contributed by atoms with van der Waals surface area (Å²) in [7, 11) is 0. The first-order valence-electron chi connectivity index (χ1n) is 13.8. The van der Waals surface area contributed by atoms with E-state index in [4.69, 9.17) is 15.0 Å². The highest BCUT2D eigenvalue weighted by Crippen LogP contribution is 2.39. The van der Waals surface area contributed by atoms with Gasteiger partial charge in [-0.15, -0.1) is 0 Å².